The number of aromatic nitrogens is 3. The van der Waals surface area contributed by atoms with Crippen molar-refractivity contribution in [2.45, 2.75) is 18.9 Å². The third kappa shape index (κ3) is 3.36. The molecule has 0 spiro atoms. The Hall–Kier alpha value is -2.80. The topological polar surface area (TPSA) is 81.1 Å². The third-order valence-corrected chi connectivity index (χ3v) is 4.28. The molecule has 0 bridgehead atoms. The van der Waals surface area contributed by atoms with Crippen LogP contribution >= 0.6 is 0 Å². The Kier molecular flexibility index (Phi) is 4.15. The third-order valence-electron chi connectivity index (χ3n) is 4.28. The first-order chi connectivity index (χ1) is 12.2. The first-order valence-electron chi connectivity index (χ1n) is 8.25. The Morgan fingerprint density at radius 1 is 1.20 bits per heavy atom. The van der Waals surface area contributed by atoms with E-state index in [0.717, 1.165) is 37.3 Å². The van der Waals surface area contributed by atoms with Gasteiger partial charge in [0.2, 0.25) is 5.82 Å². The van der Waals surface area contributed by atoms with E-state index in [4.69, 9.17) is 10.3 Å². The number of nitrogens with zero attached hydrogens (tertiary/aromatic N) is 4. The molecule has 3 aromatic rings. The number of hydrogen-bond acceptors (Lipinski definition) is 6. The SMILES string of the molecule is NC1CCCN(c2cc(-c3nc(-c4cccc(F)c4)no3)ccn2)C1. The molecule has 0 radical (unpaired) electrons. The van der Waals surface area contributed by atoms with Crippen LogP contribution < -0.4 is 10.6 Å². The highest BCUT2D eigenvalue weighted by Crippen LogP contribution is 2.26. The van der Waals surface area contributed by atoms with Crippen molar-refractivity contribution in [3.8, 4) is 22.8 Å². The molecular formula is C18H18FN5O. The van der Waals surface area contributed by atoms with Gasteiger partial charge < -0.3 is 15.2 Å². The second-order valence-corrected chi connectivity index (χ2v) is 6.18. The summed E-state index contributed by atoms with van der Waals surface area (Å²) in [6.07, 6.45) is 3.81. The van der Waals surface area contributed by atoms with E-state index in [9.17, 15) is 4.39 Å². The summed E-state index contributed by atoms with van der Waals surface area (Å²) >= 11 is 0. The van der Waals surface area contributed by atoms with Gasteiger partial charge in [-0.3, -0.25) is 0 Å². The number of hydrogen-bond donors (Lipinski definition) is 1. The number of pyridine rings is 1. The minimum absolute atomic E-state index is 0.169. The number of benzene rings is 1. The first kappa shape index (κ1) is 15.7. The van der Waals surface area contributed by atoms with Crippen molar-refractivity contribution in [2.75, 3.05) is 18.0 Å². The fourth-order valence-corrected chi connectivity index (χ4v) is 3.03. The van der Waals surface area contributed by atoms with E-state index in [1.54, 1.807) is 18.3 Å². The highest BCUT2D eigenvalue weighted by molar-refractivity contribution is 5.62. The van der Waals surface area contributed by atoms with Gasteiger partial charge >= 0.3 is 0 Å². The molecule has 2 aromatic heterocycles. The van der Waals surface area contributed by atoms with Crippen LogP contribution in [0.5, 0.6) is 0 Å². The fraction of sp³-hybridized carbons (Fsp3) is 0.278. The summed E-state index contributed by atoms with van der Waals surface area (Å²) in [5, 5.41) is 3.95. The van der Waals surface area contributed by atoms with Gasteiger partial charge in [0, 0.05) is 36.5 Å². The number of piperidine rings is 1. The standard InChI is InChI=1S/C18H18FN5O/c19-14-4-1-3-12(9-14)17-22-18(25-23-17)13-6-7-21-16(10-13)24-8-2-5-15(20)11-24/h1,3-4,6-7,9-10,15H,2,5,8,11,20H2. The van der Waals surface area contributed by atoms with E-state index < -0.39 is 0 Å². The minimum atomic E-state index is -0.337. The Morgan fingerprint density at radius 3 is 2.96 bits per heavy atom. The molecule has 6 nitrogen and oxygen atoms in total. The van der Waals surface area contributed by atoms with Crippen molar-refractivity contribution >= 4 is 5.82 Å². The molecule has 25 heavy (non-hydrogen) atoms. The first-order valence-corrected chi connectivity index (χ1v) is 8.25. The highest BCUT2D eigenvalue weighted by Gasteiger charge is 2.19. The number of nitrogens with two attached hydrogens (primary N) is 1. The molecule has 1 aliphatic rings. The van der Waals surface area contributed by atoms with Crippen molar-refractivity contribution in [2.24, 2.45) is 5.73 Å². The molecule has 4 rings (SSSR count). The van der Waals surface area contributed by atoms with Gasteiger partial charge in [-0.25, -0.2) is 9.37 Å². The van der Waals surface area contributed by atoms with E-state index in [1.807, 2.05) is 12.1 Å². The summed E-state index contributed by atoms with van der Waals surface area (Å²) in [5.74, 6) is 1.24. The monoisotopic (exact) mass is 339 g/mol. The van der Waals surface area contributed by atoms with Crippen LogP contribution in [0.2, 0.25) is 0 Å². The maximum absolute atomic E-state index is 13.4. The molecule has 7 heteroatoms. The van der Waals surface area contributed by atoms with E-state index in [-0.39, 0.29) is 11.9 Å². The van der Waals surface area contributed by atoms with Gasteiger partial charge in [0.15, 0.2) is 0 Å². The normalized spacial score (nSPS) is 17.7. The molecule has 1 aromatic carbocycles. The van der Waals surface area contributed by atoms with Crippen LogP contribution in [0, 0.1) is 5.82 Å². The lowest BCUT2D eigenvalue weighted by molar-refractivity contribution is 0.432. The summed E-state index contributed by atoms with van der Waals surface area (Å²) in [4.78, 5) is 11.0. The molecule has 128 valence electrons. The lowest BCUT2D eigenvalue weighted by Gasteiger charge is -2.31. The van der Waals surface area contributed by atoms with Gasteiger partial charge in [-0.15, -0.1) is 0 Å². The maximum atomic E-state index is 13.4. The highest BCUT2D eigenvalue weighted by atomic mass is 19.1. The Bertz CT molecular complexity index is 881. The molecular weight excluding hydrogens is 321 g/mol. The molecule has 1 atom stereocenters. The van der Waals surface area contributed by atoms with Gasteiger partial charge in [0.05, 0.1) is 0 Å². The number of halogens is 1. The van der Waals surface area contributed by atoms with Gasteiger partial charge in [-0.2, -0.15) is 4.98 Å². The van der Waals surface area contributed by atoms with E-state index >= 15 is 0 Å². The second kappa shape index (κ2) is 6.60. The van der Waals surface area contributed by atoms with Crippen molar-refractivity contribution in [3.05, 3.63) is 48.4 Å². The zero-order valence-corrected chi connectivity index (χ0v) is 13.6. The largest absolute Gasteiger partial charge is 0.355 e. The van der Waals surface area contributed by atoms with Crippen molar-refractivity contribution in [1.82, 2.24) is 15.1 Å². The predicted octanol–water partition coefficient (Wildman–Crippen LogP) is 2.87. The average molecular weight is 339 g/mol. The number of anilines is 1. The van der Waals surface area contributed by atoms with Crippen LogP contribution in [0.25, 0.3) is 22.8 Å². The van der Waals surface area contributed by atoms with Gasteiger partial charge in [-0.1, -0.05) is 17.3 Å². The summed E-state index contributed by atoms with van der Waals surface area (Å²) in [5.41, 5.74) is 7.40. The molecule has 0 saturated carbocycles. The fourth-order valence-electron chi connectivity index (χ4n) is 3.03. The average Bonchev–Trinajstić information content (AvgIpc) is 3.12. The summed E-state index contributed by atoms with van der Waals surface area (Å²) in [7, 11) is 0. The smallest absolute Gasteiger partial charge is 0.258 e. The Balaban J connectivity index is 1.61. The summed E-state index contributed by atoms with van der Waals surface area (Å²) < 4.78 is 18.7. The lowest BCUT2D eigenvalue weighted by Crippen LogP contribution is -2.43. The van der Waals surface area contributed by atoms with E-state index in [1.165, 1.54) is 12.1 Å². The number of rotatable bonds is 3. The zero-order chi connectivity index (χ0) is 17.2. The Labute approximate surface area is 144 Å². The van der Waals surface area contributed by atoms with Crippen LogP contribution in [0.1, 0.15) is 12.8 Å². The molecule has 1 unspecified atom stereocenters. The zero-order valence-electron chi connectivity index (χ0n) is 13.6. The van der Waals surface area contributed by atoms with Gasteiger partial charge in [0.25, 0.3) is 5.89 Å². The van der Waals surface area contributed by atoms with Crippen LogP contribution in [0.15, 0.2) is 47.1 Å². The van der Waals surface area contributed by atoms with E-state index in [0.29, 0.717) is 17.3 Å². The molecule has 0 aliphatic carbocycles. The van der Waals surface area contributed by atoms with Gasteiger partial charge in [-0.05, 0) is 37.1 Å². The van der Waals surface area contributed by atoms with E-state index in [2.05, 4.69) is 20.0 Å². The molecule has 2 N–H and O–H groups in total. The van der Waals surface area contributed by atoms with Crippen molar-refractivity contribution in [3.63, 3.8) is 0 Å². The minimum Gasteiger partial charge on any atom is -0.355 e. The molecule has 0 amide bonds. The molecule has 3 heterocycles. The van der Waals surface area contributed by atoms with Crippen LogP contribution in [-0.2, 0) is 0 Å². The summed E-state index contributed by atoms with van der Waals surface area (Å²) in [6, 6.07) is 10.0. The maximum Gasteiger partial charge on any atom is 0.258 e. The quantitative estimate of drug-likeness (QED) is 0.790. The second-order valence-electron chi connectivity index (χ2n) is 6.18. The van der Waals surface area contributed by atoms with Crippen molar-refractivity contribution in [1.29, 1.82) is 0 Å². The van der Waals surface area contributed by atoms with Gasteiger partial charge in [0.1, 0.15) is 11.6 Å². The lowest BCUT2D eigenvalue weighted by atomic mass is 10.1. The molecule has 1 aliphatic heterocycles. The van der Waals surface area contributed by atoms with Crippen molar-refractivity contribution < 1.29 is 8.91 Å². The van der Waals surface area contributed by atoms with Crippen LogP contribution in [-0.4, -0.2) is 34.3 Å². The summed E-state index contributed by atoms with van der Waals surface area (Å²) in [6.45, 7) is 1.72. The van der Waals surface area contributed by atoms with Crippen LogP contribution in [0.3, 0.4) is 0 Å². The molecule has 1 fully saturated rings. The Morgan fingerprint density at radius 2 is 2.12 bits per heavy atom. The van der Waals surface area contributed by atoms with Crippen LogP contribution in [0.4, 0.5) is 10.2 Å². The molecule has 1 saturated heterocycles. The predicted molar refractivity (Wildman–Crippen MR) is 92.3 cm³/mol.